The molecule has 0 radical (unpaired) electrons. The van der Waals surface area contributed by atoms with E-state index in [1.807, 2.05) is 0 Å². The van der Waals surface area contributed by atoms with Gasteiger partial charge in [-0.15, -0.1) is 0 Å². The van der Waals surface area contributed by atoms with Crippen molar-refractivity contribution in [3.05, 3.63) is 0 Å². The predicted octanol–water partition coefficient (Wildman–Crippen LogP) is 2.97. The Labute approximate surface area is 77.8 Å². The van der Waals surface area contributed by atoms with Crippen molar-refractivity contribution in [3.63, 3.8) is 0 Å². The van der Waals surface area contributed by atoms with Crippen LogP contribution in [0, 0.1) is 0 Å². The molecule has 0 atom stereocenters. The molecule has 0 aromatic heterocycles. The second-order valence-corrected chi connectivity index (χ2v) is 2.69. The summed E-state index contributed by atoms with van der Waals surface area (Å²) in [6.07, 6.45) is -8.62. The lowest BCUT2D eigenvalue weighted by atomic mass is 10.1. The molecule has 0 aliphatic carbocycles. The van der Waals surface area contributed by atoms with Crippen LogP contribution in [0.4, 0.5) is 30.7 Å². The van der Waals surface area contributed by atoms with Crippen molar-refractivity contribution in [2.45, 2.75) is 24.4 Å². The van der Waals surface area contributed by atoms with E-state index in [1.54, 1.807) is 0 Å². The summed E-state index contributed by atoms with van der Waals surface area (Å²) in [5.74, 6) is -11.1. The Kier molecular flexibility index (Phi) is 3.42. The molecule has 0 unspecified atom stereocenters. The van der Waals surface area contributed by atoms with Gasteiger partial charge in [-0.05, 0) is 11.6 Å². The summed E-state index contributed by atoms with van der Waals surface area (Å²) < 4.78 is 82.7. The van der Waals surface area contributed by atoms with Crippen LogP contribution in [0.2, 0.25) is 0 Å². The van der Waals surface area contributed by atoms with Crippen LogP contribution in [0.1, 0.15) is 6.42 Å². The molecule has 0 N–H and O–H groups in total. The maximum Gasteiger partial charge on any atom is 0.395 e. The van der Waals surface area contributed by atoms with Gasteiger partial charge in [-0.2, -0.15) is 30.7 Å². The van der Waals surface area contributed by atoms with E-state index in [0.717, 1.165) is 0 Å². The first-order chi connectivity index (χ1) is 5.90. The van der Waals surface area contributed by atoms with E-state index in [1.165, 1.54) is 0 Å². The molecule has 0 aromatic rings. The molecule has 0 fully saturated rings. The Morgan fingerprint density at radius 1 is 1.00 bits per heavy atom. The lowest BCUT2D eigenvalue weighted by molar-refractivity contribution is -0.251. The summed E-state index contributed by atoms with van der Waals surface area (Å²) in [7, 11) is 0. The maximum absolute atomic E-state index is 12.2. The van der Waals surface area contributed by atoms with Crippen molar-refractivity contribution in [1.29, 1.82) is 0 Å². The topological polar surface area (TPSA) is 17.1 Å². The molecular formula is C5H2ClF7O. The molecule has 0 aliphatic heterocycles. The zero-order valence-corrected chi connectivity index (χ0v) is 6.89. The van der Waals surface area contributed by atoms with Gasteiger partial charge in [0.25, 0.3) is 5.24 Å². The fourth-order valence-corrected chi connectivity index (χ4v) is 0.645. The third kappa shape index (κ3) is 3.00. The van der Waals surface area contributed by atoms with Gasteiger partial charge in [-0.25, -0.2) is 0 Å². The average Bonchev–Trinajstić information content (AvgIpc) is 1.80. The predicted molar refractivity (Wildman–Crippen MR) is 31.4 cm³/mol. The summed E-state index contributed by atoms with van der Waals surface area (Å²) >= 11 is 4.05. The summed E-state index contributed by atoms with van der Waals surface area (Å²) in [5, 5.41) is -2.83. The number of hydrogen-bond acceptors (Lipinski definition) is 1. The van der Waals surface area contributed by atoms with Crippen LogP contribution >= 0.6 is 11.6 Å². The monoisotopic (exact) mass is 246 g/mol. The SMILES string of the molecule is O=C(Cl)C(F)(F)C(F)(F)CC(F)(F)F. The third-order valence-corrected chi connectivity index (χ3v) is 1.37. The second-order valence-electron chi connectivity index (χ2n) is 2.34. The van der Waals surface area contributed by atoms with Crippen LogP contribution in [0.15, 0.2) is 0 Å². The lowest BCUT2D eigenvalue weighted by Gasteiger charge is -2.23. The van der Waals surface area contributed by atoms with Crippen LogP contribution < -0.4 is 0 Å². The van der Waals surface area contributed by atoms with Crippen molar-refractivity contribution in [3.8, 4) is 0 Å². The number of rotatable bonds is 3. The molecule has 0 heterocycles. The fourth-order valence-electron chi connectivity index (χ4n) is 0.507. The van der Waals surface area contributed by atoms with E-state index in [2.05, 4.69) is 11.6 Å². The Bertz CT molecular complexity index is 233. The van der Waals surface area contributed by atoms with Crippen molar-refractivity contribution in [2.24, 2.45) is 0 Å². The first kappa shape index (κ1) is 13.5. The molecule has 1 nitrogen and oxygen atoms in total. The van der Waals surface area contributed by atoms with Crippen LogP contribution in [0.25, 0.3) is 0 Å². The van der Waals surface area contributed by atoms with Gasteiger partial charge in [0.15, 0.2) is 0 Å². The highest BCUT2D eigenvalue weighted by molar-refractivity contribution is 6.65. The van der Waals surface area contributed by atoms with Crippen LogP contribution in [-0.2, 0) is 4.79 Å². The van der Waals surface area contributed by atoms with Gasteiger partial charge in [0.2, 0.25) is 0 Å². The summed E-state index contributed by atoms with van der Waals surface area (Å²) in [5.41, 5.74) is 0. The van der Waals surface area contributed by atoms with Crippen molar-refractivity contribution < 1.29 is 35.5 Å². The molecule has 0 saturated heterocycles. The largest absolute Gasteiger partial charge is 0.395 e. The van der Waals surface area contributed by atoms with E-state index >= 15 is 0 Å². The number of alkyl halides is 7. The van der Waals surface area contributed by atoms with E-state index in [4.69, 9.17) is 0 Å². The molecule has 0 rings (SSSR count). The summed E-state index contributed by atoms with van der Waals surface area (Å²) in [6.45, 7) is 0. The standard InChI is InChI=1S/C5H2ClF7O/c6-2(14)5(12,13)3(7,8)1-4(9,10)11/h1H2. The van der Waals surface area contributed by atoms with Gasteiger partial charge >= 0.3 is 18.0 Å². The highest BCUT2D eigenvalue weighted by Gasteiger charge is 2.64. The first-order valence-corrected chi connectivity index (χ1v) is 3.30. The molecule has 84 valence electrons. The van der Waals surface area contributed by atoms with E-state index < -0.39 is 29.7 Å². The van der Waals surface area contributed by atoms with Gasteiger partial charge in [-0.3, -0.25) is 4.79 Å². The average molecular weight is 247 g/mol. The maximum atomic E-state index is 12.2. The molecule has 0 saturated carbocycles. The number of carbonyl (C=O) groups excluding carboxylic acids is 1. The minimum atomic E-state index is -5.54. The minimum Gasteiger partial charge on any atom is -0.274 e. The van der Waals surface area contributed by atoms with Gasteiger partial charge < -0.3 is 0 Å². The van der Waals surface area contributed by atoms with E-state index in [9.17, 15) is 35.5 Å². The third-order valence-electron chi connectivity index (χ3n) is 1.13. The molecule has 14 heavy (non-hydrogen) atoms. The second kappa shape index (κ2) is 3.56. The zero-order valence-electron chi connectivity index (χ0n) is 6.14. The number of hydrogen-bond donors (Lipinski definition) is 0. The van der Waals surface area contributed by atoms with Crippen molar-refractivity contribution >= 4 is 16.8 Å². The number of carbonyl (C=O) groups is 1. The van der Waals surface area contributed by atoms with Gasteiger partial charge in [0.05, 0.1) is 0 Å². The molecule has 9 heteroatoms. The Morgan fingerprint density at radius 2 is 1.36 bits per heavy atom. The normalized spacial score (nSPS) is 14.3. The van der Waals surface area contributed by atoms with Crippen LogP contribution in [0.3, 0.4) is 0 Å². The Morgan fingerprint density at radius 3 is 1.57 bits per heavy atom. The molecular weight excluding hydrogens is 244 g/mol. The van der Waals surface area contributed by atoms with Crippen LogP contribution in [-0.4, -0.2) is 23.3 Å². The lowest BCUT2D eigenvalue weighted by Crippen LogP contribution is -2.47. The number of halogens is 8. The van der Waals surface area contributed by atoms with E-state index in [-0.39, 0.29) is 0 Å². The molecule has 0 amide bonds. The quantitative estimate of drug-likeness (QED) is 0.553. The van der Waals surface area contributed by atoms with E-state index in [0.29, 0.717) is 0 Å². The molecule has 0 bridgehead atoms. The summed E-state index contributed by atoms with van der Waals surface area (Å²) in [6, 6.07) is 0. The smallest absolute Gasteiger partial charge is 0.274 e. The highest BCUT2D eigenvalue weighted by atomic mass is 35.5. The van der Waals surface area contributed by atoms with Gasteiger partial charge in [0, 0.05) is 0 Å². The highest BCUT2D eigenvalue weighted by Crippen LogP contribution is 2.43. The molecule has 0 spiro atoms. The van der Waals surface area contributed by atoms with Gasteiger partial charge in [-0.1, -0.05) is 0 Å². The minimum absolute atomic E-state index is 2.83. The van der Waals surface area contributed by atoms with Crippen molar-refractivity contribution in [1.82, 2.24) is 0 Å². The zero-order chi connectivity index (χ0) is 11.8. The Hall–Kier alpha value is -0.530. The van der Waals surface area contributed by atoms with Gasteiger partial charge in [0.1, 0.15) is 6.42 Å². The van der Waals surface area contributed by atoms with Crippen LogP contribution in [0.5, 0.6) is 0 Å². The molecule has 0 aliphatic rings. The Balaban J connectivity index is 4.87. The summed E-state index contributed by atoms with van der Waals surface area (Å²) in [4.78, 5) is 9.77. The molecule has 0 aromatic carbocycles. The fraction of sp³-hybridized carbons (Fsp3) is 0.800. The first-order valence-electron chi connectivity index (χ1n) is 2.92. The van der Waals surface area contributed by atoms with Crippen molar-refractivity contribution in [2.75, 3.05) is 0 Å².